The van der Waals surface area contributed by atoms with E-state index in [0.29, 0.717) is 13.0 Å². The molecule has 2 heterocycles. The highest BCUT2D eigenvalue weighted by Crippen LogP contribution is 2.26. The van der Waals surface area contributed by atoms with Gasteiger partial charge in [-0.05, 0) is 32.1 Å². The number of ether oxygens (including phenoxy) is 6. The number of carbonyl (C=O) groups is 1. The third kappa shape index (κ3) is 24.9. The fourth-order valence-electron chi connectivity index (χ4n) is 7.93. The number of carbonyl (C=O) groups excluding carboxylic acids is 1. The zero-order valence-corrected chi connectivity index (χ0v) is 38.6. The van der Waals surface area contributed by atoms with Gasteiger partial charge in [0, 0.05) is 13.0 Å². The molecule has 2 aliphatic heterocycles. The molecule has 0 radical (unpaired) electrons. The Morgan fingerprint density at radius 3 is 1.53 bits per heavy atom. The Hall–Kier alpha value is -1.27. The minimum absolute atomic E-state index is 0.0620. The molecule has 2 aliphatic rings. The highest BCUT2D eigenvalue weighted by molar-refractivity contribution is 5.69. The van der Waals surface area contributed by atoms with Gasteiger partial charge in [0.2, 0.25) is 0 Å². The minimum Gasteiger partial charge on any atom is -0.457 e. The van der Waals surface area contributed by atoms with Crippen molar-refractivity contribution in [1.29, 1.82) is 0 Å². The van der Waals surface area contributed by atoms with Gasteiger partial charge in [-0.2, -0.15) is 0 Å². The van der Waals surface area contributed by atoms with E-state index < -0.39 is 80.7 Å². The molecule has 11 atom stereocenters. The molecule has 14 nitrogen and oxygen atoms in total. The summed E-state index contributed by atoms with van der Waals surface area (Å²) in [5, 5.41) is 72.0. The predicted octanol–water partition coefficient (Wildman–Crippen LogP) is 6.68. The third-order valence-electron chi connectivity index (χ3n) is 12.0. The first-order valence-electron chi connectivity index (χ1n) is 24.8. The Morgan fingerprint density at radius 2 is 0.984 bits per heavy atom. The van der Waals surface area contributed by atoms with Crippen molar-refractivity contribution < 1.29 is 69.0 Å². The summed E-state index contributed by atoms with van der Waals surface area (Å²) in [4.78, 5) is 13.0. The maximum atomic E-state index is 13.0. The average molecular weight is 891 g/mol. The van der Waals surface area contributed by atoms with E-state index >= 15 is 0 Å². The molecular weight excluding hydrogens is 801 g/mol. The second kappa shape index (κ2) is 36.9. The van der Waals surface area contributed by atoms with Crippen molar-refractivity contribution in [3.8, 4) is 0 Å². The second-order valence-corrected chi connectivity index (χ2v) is 17.6. The third-order valence-corrected chi connectivity index (χ3v) is 12.0. The summed E-state index contributed by atoms with van der Waals surface area (Å²) in [6.45, 7) is 3.64. The molecule has 2 fully saturated rings. The number of aliphatic hydroxyl groups excluding tert-OH is 7. The first kappa shape index (κ1) is 56.9. The predicted molar refractivity (Wildman–Crippen MR) is 238 cm³/mol. The van der Waals surface area contributed by atoms with E-state index in [1.165, 1.54) is 109 Å². The van der Waals surface area contributed by atoms with Crippen LogP contribution in [0.2, 0.25) is 0 Å². The van der Waals surface area contributed by atoms with Gasteiger partial charge in [0.05, 0.1) is 26.4 Å². The maximum Gasteiger partial charge on any atom is 0.306 e. The van der Waals surface area contributed by atoms with Crippen LogP contribution in [0.1, 0.15) is 187 Å². The highest BCUT2D eigenvalue weighted by atomic mass is 16.7. The molecule has 2 rings (SSSR count). The van der Waals surface area contributed by atoms with Crippen LogP contribution in [-0.2, 0) is 33.2 Å². The number of aliphatic hydroxyl groups is 7. The van der Waals surface area contributed by atoms with E-state index in [1.54, 1.807) is 0 Å². The molecule has 0 bridgehead atoms. The number of rotatable bonds is 39. The van der Waals surface area contributed by atoms with Gasteiger partial charge in [-0.3, -0.25) is 4.79 Å². The van der Waals surface area contributed by atoms with E-state index in [4.69, 9.17) is 28.4 Å². The highest BCUT2D eigenvalue weighted by Gasteiger charge is 2.47. The Bertz CT molecular complexity index is 1080. The molecule has 0 aliphatic carbocycles. The van der Waals surface area contributed by atoms with Crippen molar-refractivity contribution >= 4 is 5.97 Å². The number of allylic oxidation sites excluding steroid dienone is 2. The van der Waals surface area contributed by atoms with Crippen molar-refractivity contribution in [2.75, 3.05) is 33.0 Å². The zero-order valence-electron chi connectivity index (χ0n) is 38.6. The van der Waals surface area contributed by atoms with Crippen LogP contribution < -0.4 is 0 Å². The van der Waals surface area contributed by atoms with Crippen LogP contribution in [0.5, 0.6) is 0 Å². The summed E-state index contributed by atoms with van der Waals surface area (Å²) >= 11 is 0. The summed E-state index contributed by atoms with van der Waals surface area (Å²) in [6.07, 6.45) is 19.9. The van der Waals surface area contributed by atoms with Crippen molar-refractivity contribution in [2.45, 2.75) is 255 Å². The standard InChI is InChI=1S/C48H90O14/c1-3-5-7-9-11-13-15-16-17-18-19-20-21-23-25-27-29-31-40(50)60-37(34-57-32-30-28-26-24-22-14-12-10-8-6-4-2)35-58-47-46(56)44(54)42(52)39(62-47)36-59-48-45(55)43(53)41(51)38(33-49)61-48/h8,10,37-39,41-49,51-56H,3-7,9,11-36H2,1-2H3/b10-8-. The van der Waals surface area contributed by atoms with Crippen molar-refractivity contribution in [3.63, 3.8) is 0 Å². The van der Waals surface area contributed by atoms with Crippen LogP contribution in [0.4, 0.5) is 0 Å². The van der Waals surface area contributed by atoms with Gasteiger partial charge < -0.3 is 64.2 Å². The van der Waals surface area contributed by atoms with Crippen LogP contribution >= 0.6 is 0 Å². The fraction of sp³-hybridized carbons (Fsp3) is 0.938. The van der Waals surface area contributed by atoms with Crippen molar-refractivity contribution in [1.82, 2.24) is 0 Å². The smallest absolute Gasteiger partial charge is 0.306 e. The van der Waals surface area contributed by atoms with Gasteiger partial charge in [-0.15, -0.1) is 0 Å². The van der Waals surface area contributed by atoms with Crippen LogP contribution in [0.15, 0.2) is 12.2 Å². The summed E-state index contributed by atoms with van der Waals surface area (Å²) in [7, 11) is 0. The quantitative estimate of drug-likeness (QED) is 0.0195. The Balaban J connectivity index is 1.77. The Kier molecular flexibility index (Phi) is 33.8. The van der Waals surface area contributed by atoms with Gasteiger partial charge in [0.25, 0.3) is 0 Å². The lowest BCUT2D eigenvalue weighted by atomic mass is 9.98. The molecule has 2 saturated heterocycles. The van der Waals surface area contributed by atoms with Gasteiger partial charge in [-0.1, -0.05) is 161 Å². The average Bonchev–Trinajstić information content (AvgIpc) is 3.27. The van der Waals surface area contributed by atoms with E-state index in [-0.39, 0.29) is 25.6 Å². The van der Waals surface area contributed by atoms with Crippen LogP contribution in [0.25, 0.3) is 0 Å². The first-order chi connectivity index (χ1) is 30.1. The lowest BCUT2D eigenvalue weighted by molar-refractivity contribution is -0.332. The van der Waals surface area contributed by atoms with Crippen molar-refractivity contribution in [2.24, 2.45) is 0 Å². The largest absolute Gasteiger partial charge is 0.457 e. The van der Waals surface area contributed by atoms with E-state index in [1.807, 2.05) is 0 Å². The van der Waals surface area contributed by atoms with Crippen LogP contribution in [0.3, 0.4) is 0 Å². The number of unbranched alkanes of at least 4 members (excludes halogenated alkanes) is 23. The molecule has 0 spiro atoms. The Labute approximate surface area is 374 Å². The summed E-state index contributed by atoms with van der Waals surface area (Å²) in [6, 6.07) is 0. The number of esters is 1. The Morgan fingerprint density at radius 1 is 0.516 bits per heavy atom. The van der Waals surface area contributed by atoms with Crippen molar-refractivity contribution in [3.05, 3.63) is 12.2 Å². The molecule has 7 N–H and O–H groups in total. The van der Waals surface area contributed by atoms with Gasteiger partial charge >= 0.3 is 5.97 Å². The molecule has 0 saturated carbocycles. The normalized spacial score (nSPS) is 27.2. The topological polar surface area (TPSA) is 214 Å². The summed E-state index contributed by atoms with van der Waals surface area (Å²) in [5.41, 5.74) is 0. The molecule has 0 aromatic rings. The molecule has 366 valence electrons. The van der Waals surface area contributed by atoms with E-state index in [0.717, 1.165) is 51.4 Å². The summed E-state index contributed by atoms with van der Waals surface area (Å²) < 4.78 is 34.2. The molecule has 11 unspecified atom stereocenters. The van der Waals surface area contributed by atoms with Gasteiger partial charge in [0.1, 0.15) is 54.9 Å². The molecule has 14 heteroatoms. The molecule has 0 aromatic heterocycles. The van der Waals surface area contributed by atoms with E-state index in [2.05, 4.69) is 26.0 Å². The first-order valence-corrected chi connectivity index (χ1v) is 24.8. The van der Waals surface area contributed by atoms with E-state index in [9.17, 15) is 40.5 Å². The molecule has 62 heavy (non-hydrogen) atoms. The number of hydrogen-bond acceptors (Lipinski definition) is 14. The molecular formula is C48H90O14. The SMILES string of the molecule is CCC/C=C\CCCCCCCCOCC(COC1OC(COC2OC(CO)C(O)C(O)C2O)C(O)C(O)C1O)OC(=O)CCCCCCCCCCCCCCCCCCC. The maximum absolute atomic E-state index is 13.0. The van der Waals surface area contributed by atoms with Crippen LogP contribution in [0, 0.1) is 0 Å². The monoisotopic (exact) mass is 891 g/mol. The van der Waals surface area contributed by atoms with Gasteiger partial charge in [-0.25, -0.2) is 0 Å². The van der Waals surface area contributed by atoms with Gasteiger partial charge in [0.15, 0.2) is 12.6 Å². The molecule has 0 amide bonds. The lowest BCUT2D eigenvalue weighted by Crippen LogP contribution is -2.61. The van der Waals surface area contributed by atoms with Crippen LogP contribution in [-0.4, -0.2) is 142 Å². The fourth-order valence-corrected chi connectivity index (χ4v) is 7.93. The number of hydrogen-bond donors (Lipinski definition) is 7. The lowest BCUT2D eigenvalue weighted by Gasteiger charge is -2.42. The zero-order chi connectivity index (χ0) is 45.2. The summed E-state index contributed by atoms with van der Waals surface area (Å²) in [5.74, 6) is -0.376. The second-order valence-electron chi connectivity index (χ2n) is 17.6. The molecule has 0 aromatic carbocycles. The minimum atomic E-state index is -1.70.